The van der Waals surface area contributed by atoms with Crippen LogP contribution in [0.4, 0.5) is 0 Å². The zero-order valence-electron chi connectivity index (χ0n) is 14.1. The van der Waals surface area contributed by atoms with Crippen LogP contribution in [-0.4, -0.2) is 51.8 Å². The Labute approximate surface area is 142 Å². The molecule has 0 spiro atoms. The Kier molecular flexibility index (Phi) is 4.96. The highest BCUT2D eigenvalue weighted by Gasteiger charge is 2.26. The number of sulfonamides is 1. The van der Waals surface area contributed by atoms with Gasteiger partial charge in [0, 0.05) is 32.0 Å². The second-order valence-electron chi connectivity index (χ2n) is 6.26. The van der Waals surface area contributed by atoms with Gasteiger partial charge in [0.1, 0.15) is 5.69 Å². The lowest BCUT2D eigenvalue weighted by Gasteiger charge is -2.30. The molecule has 1 aliphatic heterocycles. The fourth-order valence-corrected chi connectivity index (χ4v) is 4.16. The van der Waals surface area contributed by atoms with Crippen LogP contribution in [0.2, 0.25) is 0 Å². The van der Waals surface area contributed by atoms with E-state index in [-0.39, 0.29) is 5.92 Å². The number of nitrogens with zero attached hydrogens (tertiary/aromatic N) is 5. The summed E-state index contributed by atoms with van der Waals surface area (Å²) < 4.78 is 27.0. The molecule has 1 unspecified atom stereocenters. The predicted molar refractivity (Wildman–Crippen MR) is 91.8 cm³/mol. The number of piperidine rings is 1. The summed E-state index contributed by atoms with van der Waals surface area (Å²) in [5.41, 5.74) is 2.66. The first-order valence-electron chi connectivity index (χ1n) is 8.25. The molecule has 0 radical (unpaired) electrons. The van der Waals surface area contributed by atoms with Crippen molar-refractivity contribution in [1.82, 2.24) is 24.1 Å². The molecule has 3 heterocycles. The lowest BCUT2D eigenvalue weighted by Crippen LogP contribution is -2.39. The summed E-state index contributed by atoms with van der Waals surface area (Å²) in [5.74, 6) is 0.286. The van der Waals surface area contributed by atoms with Gasteiger partial charge in [0.2, 0.25) is 10.0 Å². The van der Waals surface area contributed by atoms with E-state index in [1.165, 1.54) is 6.26 Å². The minimum Gasteiger partial charge on any atom is -0.264 e. The normalized spacial score (nSPS) is 19.5. The molecule has 0 N–H and O–H groups in total. The summed E-state index contributed by atoms with van der Waals surface area (Å²) in [6.07, 6.45) is 9.22. The zero-order valence-corrected chi connectivity index (χ0v) is 14.9. The number of aryl methyl sites for hydroxylation is 1. The van der Waals surface area contributed by atoms with Crippen LogP contribution < -0.4 is 0 Å². The van der Waals surface area contributed by atoms with E-state index in [1.807, 2.05) is 17.7 Å². The van der Waals surface area contributed by atoms with Gasteiger partial charge in [0.05, 0.1) is 23.8 Å². The topological polar surface area (TPSA) is 81.0 Å². The molecular weight excluding hydrogens is 326 g/mol. The average Bonchev–Trinajstić information content (AvgIpc) is 3.03. The summed E-state index contributed by atoms with van der Waals surface area (Å²) >= 11 is 0. The van der Waals surface area contributed by atoms with Crippen molar-refractivity contribution in [3.63, 3.8) is 0 Å². The molecule has 1 saturated heterocycles. The Hall–Kier alpha value is -1.80. The van der Waals surface area contributed by atoms with Crippen LogP contribution in [0.5, 0.6) is 0 Å². The van der Waals surface area contributed by atoms with Crippen molar-refractivity contribution in [2.75, 3.05) is 19.3 Å². The largest absolute Gasteiger partial charge is 0.264 e. The lowest BCUT2D eigenvalue weighted by molar-refractivity contribution is 0.265. The number of rotatable bonds is 5. The van der Waals surface area contributed by atoms with Crippen LogP contribution >= 0.6 is 0 Å². The van der Waals surface area contributed by atoms with Gasteiger partial charge < -0.3 is 0 Å². The molecule has 1 atom stereocenters. The van der Waals surface area contributed by atoms with E-state index in [0.717, 1.165) is 42.9 Å². The van der Waals surface area contributed by atoms with E-state index in [0.29, 0.717) is 13.1 Å². The standard InChI is InChI=1S/C16H23N5O2S/c1-3-21-16(6-7-18-21)15-11-17-10-14(19-15)9-13-5-4-8-20(12-13)24(2,22)23/h6-7,10-11,13H,3-5,8-9,12H2,1-2H3. The van der Waals surface area contributed by atoms with E-state index < -0.39 is 10.0 Å². The van der Waals surface area contributed by atoms with Gasteiger partial charge in [-0.15, -0.1) is 0 Å². The van der Waals surface area contributed by atoms with Crippen LogP contribution in [0.1, 0.15) is 25.5 Å². The second kappa shape index (κ2) is 6.98. The maximum atomic E-state index is 11.8. The van der Waals surface area contributed by atoms with Crippen molar-refractivity contribution in [2.45, 2.75) is 32.7 Å². The van der Waals surface area contributed by atoms with Crippen LogP contribution in [0.3, 0.4) is 0 Å². The Balaban J connectivity index is 1.75. The maximum Gasteiger partial charge on any atom is 0.211 e. The van der Waals surface area contributed by atoms with Gasteiger partial charge in [-0.1, -0.05) is 0 Å². The SMILES string of the molecule is CCn1nccc1-c1cncc(CC2CCCN(S(C)(=O)=O)C2)n1. The highest BCUT2D eigenvalue weighted by molar-refractivity contribution is 7.88. The number of aromatic nitrogens is 4. The molecule has 130 valence electrons. The van der Waals surface area contributed by atoms with E-state index in [2.05, 4.69) is 10.1 Å². The Morgan fingerprint density at radius 1 is 1.33 bits per heavy atom. The summed E-state index contributed by atoms with van der Waals surface area (Å²) in [6, 6.07) is 1.93. The van der Waals surface area contributed by atoms with Crippen molar-refractivity contribution in [2.24, 2.45) is 5.92 Å². The summed E-state index contributed by atoms with van der Waals surface area (Å²) in [7, 11) is -3.12. The minimum atomic E-state index is -3.12. The molecule has 2 aromatic rings. The van der Waals surface area contributed by atoms with E-state index in [9.17, 15) is 8.42 Å². The first kappa shape index (κ1) is 17.0. The maximum absolute atomic E-state index is 11.8. The predicted octanol–water partition coefficient (Wildman–Crippen LogP) is 1.57. The minimum absolute atomic E-state index is 0.286. The van der Waals surface area contributed by atoms with Crippen molar-refractivity contribution in [3.8, 4) is 11.4 Å². The first-order chi connectivity index (χ1) is 11.5. The van der Waals surface area contributed by atoms with Crippen LogP contribution in [-0.2, 0) is 23.0 Å². The molecular formula is C16H23N5O2S. The molecule has 1 aliphatic rings. The first-order valence-corrected chi connectivity index (χ1v) is 10.1. The molecule has 3 rings (SSSR count). The molecule has 1 fully saturated rings. The quantitative estimate of drug-likeness (QED) is 0.818. The number of hydrogen-bond acceptors (Lipinski definition) is 5. The fraction of sp³-hybridized carbons (Fsp3) is 0.562. The zero-order chi connectivity index (χ0) is 17.2. The number of hydrogen-bond donors (Lipinski definition) is 0. The monoisotopic (exact) mass is 349 g/mol. The Morgan fingerprint density at radius 2 is 2.17 bits per heavy atom. The molecule has 2 aromatic heterocycles. The average molecular weight is 349 g/mol. The molecule has 24 heavy (non-hydrogen) atoms. The molecule has 7 nitrogen and oxygen atoms in total. The van der Waals surface area contributed by atoms with Gasteiger partial charge >= 0.3 is 0 Å². The Morgan fingerprint density at radius 3 is 2.92 bits per heavy atom. The van der Waals surface area contributed by atoms with Crippen LogP contribution in [0.15, 0.2) is 24.7 Å². The highest BCUT2D eigenvalue weighted by atomic mass is 32.2. The van der Waals surface area contributed by atoms with E-state index >= 15 is 0 Å². The van der Waals surface area contributed by atoms with Gasteiger partial charge in [-0.05, 0) is 38.2 Å². The summed E-state index contributed by atoms with van der Waals surface area (Å²) in [6.45, 7) is 4.00. The van der Waals surface area contributed by atoms with Crippen molar-refractivity contribution in [1.29, 1.82) is 0 Å². The van der Waals surface area contributed by atoms with Crippen molar-refractivity contribution in [3.05, 3.63) is 30.4 Å². The van der Waals surface area contributed by atoms with E-state index in [1.54, 1.807) is 22.9 Å². The van der Waals surface area contributed by atoms with Gasteiger partial charge in [-0.25, -0.2) is 17.7 Å². The molecule has 8 heteroatoms. The second-order valence-corrected chi connectivity index (χ2v) is 8.24. The third-order valence-electron chi connectivity index (χ3n) is 4.41. The fourth-order valence-electron chi connectivity index (χ4n) is 3.22. The van der Waals surface area contributed by atoms with Gasteiger partial charge in [0.25, 0.3) is 0 Å². The third kappa shape index (κ3) is 3.81. The molecule has 0 saturated carbocycles. The molecule has 0 amide bonds. The van der Waals surface area contributed by atoms with Gasteiger partial charge in [-0.2, -0.15) is 5.10 Å². The third-order valence-corrected chi connectivity index (χ3v) is 5.68. The Bertz CT molecular complexity index is 802. The van der Waals surface area contributed by atoms with Crippen molar-refractivity contribution < 1.29 is 8.42 Å². The van der Waals surface area contributed by atoms with E-state index in [4.69, 9.17) is 4.98 Å². The summed E-state index contributed by atoms with van der Waals surface area (Å²) in [4.78, 5) is 9.03. The van der Waals surface area contributed by atoms with Crippen molar-refractivity contribution >= 4 is 10.0 Å². The van der Waals surface area contributed by atoms with Gasteiger partial charge in [-0.3, -0.25) is 9.67 Å². The summed E-state index contributed by atoms with van der Waals surface area (Å²) in [5, 5.41) is 4.27. The van der Waals surface area contributed by atoms with Crippen LogP contribution in [0, 0.1) is 5.92 Å². The lowest BCUT2D eigenvalue weighted by atomic mass is 9.95. The molecule has 0 aliphatic carbocycles. The smallest absolute Gasteiger partial charge is 0.211 e. The van der Waals surface area contributed by atoms with Crippen LogP contribution in [0.25, 0.3) is 11.4 Å². The molecule has 0 bridgehead atoms. The van der Waals surface area contributed by atoms with Gasteiger partial charge in [0.15, 0.2) is 0 Å². The highest BCUT2D eigenvalue weighted by Crippen LogP contribution is 2.23. The molecule has 0 aromatic carbocycles.